The Labute approximate surface area is 167 Å². The highest BCUT2D eigenvalue weighted by Gasteiger charge is 2.12. The third-order valence-corrected chi connectivity index (χ3v) is 4.03. The van der Waals surface area contributed by atoms with Crippen molar-refractivity contribution in [1.82, 2.24) is 5.43 Å². The predicted octanol–water partition coefficient (Wildman–Crippen LogP) is 3.87. The van der Waals surface area contributed by atoms with Gasteiger partial charge in [0.25, 0.3) is 0 Å². The highest BCUT2D eigenvalue weighted by Crippen LogP contribution is 2.21. The summed E-state index contributed by atoms with van der Waals surface area (Å²) in [5.41, 5.74) is 3.32. The van der Waals surface area contributed by atoms with E-state index in [1.165, 1.54) is 6.21 Å². The van der Waals surface area contributed by atoms with Gasteiger partial charge in [0.05, 0.1) is 6.21 Å². The number of nitrogens with zero attached hydrogens (tertiary/aromatic N) is 1. The normalized spacial score (nSPS) is 10.4. The van der Waals surface area contributed by atoms with Crippen molar-refractivity contribution < 1.29 is 14.3 Å². The van der Waals surface area contributed by atoms with Gasteiger partial charge in [-0.15, -0.1) is 0 Å². The number of nitrogens with one attached hydrogen (secondary N) is 2. The maximum absolute atomic E-state index is 11.9. The Balaban J connectivity index is 1.97. The molecule has 0 aliphatic heterocycles. The monoisotopic (exact) mass is 479 g/mol. The average Bonchev–Trinajstić information content (AvgIpc) is 2.62. The molecule has 2 rings (SSSR count). The van der Waals surface area contributed by atoms with Gasteiger partial charge in [-0.25, -0.2) is 5.43 Å². The Hall–Kier alpha value is -2.45. The van der Waals surface area contributed by atoms with Gasteiger partial charge in [-0.05, 0) is 42.5 Å². The number of halogens is 2. The quantitative estimate of drug-likeness (QED) is 0.285. The van der Waals surface area contributed by atoms with Crippen LogP contribution in [0.1, 0.15) is 5.56 Å². The fraction of sp³-hybridized carbons (Fsp3) is 0.0556. The van der Waals surface area contributed by atoms with E-state index in [1.54, 1.807) is 42.5 Å². The first-order chi connectivity index (χ1) is 12.5. The zero-order valence-electron chi connectivity index (χ0n) is 13.5. The lowest BCUT2D eigenvalue weighted by molar-refractivity contribution is -0.136. The van der Waals surface area contributed by atoms with E-state index in [2.05, 4.69) is 54.3 Å². The van der Waals surface area contributed by atoms with Crippen LogP contribution in [0, 0.1) is 0 Å². The summed E-state index contributed by atoms with van der Waals surface area (Å²) < 4.78 is 7.20. The van der Waals surface area contributed by atoms with Gasteiger partial charge in [0, 0.05) is 20.2 Å². The van der Waals surface area contributed by atoms with Crippen LogP contribution in [0.3, 0.4) is 0 Å². The minimum Gasteiger partial charge on any atom is -0.489 e. The van der Waals surface area contributed by atoms with Crippen molar-refractivity contribution in [3.8, 4) is 5.75 Å². The first kappa shape index (κ1) is 19.9. The van der Waals surface area contributed by atoms with Gasteiger partial charge in [0.1, 0.15) is 12.4 Å². The first-order valence-corrected chi connectivity index (χ1v) is 9.01. The zero-order chi connectivity index (χ0) is 18.9. The largest absolute Gasteiger partial charge is 0.489 e. The van der Waals surface area contributed by atoms with Gasteiger partial charge in [-0.3, -0.25) is 9.59 Å². The number of anilines is 1. The second kappa shape index (κ2) is 9.88. The van der Waals surface area contributed by atoms with E-state index >= 15 is 0 Å². The number of ether oxygens (including phenoxy) is 1. The Bertz CT molecular complexity index is 836. The lowest BCUT2D eigenvalue weighted by atomic mass is 10.2. The summed E-state index contributed by atoms with van der Waals surface area (Å²) in [6.45, 7) is 3.93. The van der Waals surface area contributed by atoms with Crippen molar-refractivity contribution in [2.24, 2.45) is 5.10 Å². The standard InChI is InChI=1S/C18H15Br2N3O3/c1-2-9-26-16-8-5-14(20)10-12(16)11-21-23-18(25)17(24)22-15-6-3-13(19)4-7-15/h2-8,10-11H,1,9H2,(H,22,24)(H,23,25)/b21-11-. The number of hydrogen-bond acceptors (Lipinski definition) is 4. The molecular formula is C18H15Br2N3O3. The van der Waals surface area contributed by atoms with Crippen LogP contribution in [0.15, 0.2) is 69.2 Å². The smallest absolute Gasteiger partial charge is 0.329 e. The molecule has 2 amide bonds. The lowest BCUT2D eigenvalue weighted by Crippen LogP contribution is -2.32. The summed E-state index contributed by atoms with van der Waals surface area (Å²) in [4.78, 5) is 23.7. The van der Waals surface area contributed by atoms with Crippen LogP contribution in [-0.2, 0) is 9.59 Å². The van der Waals surface area contributed by atoms with Crippen LogP contribution in [-0.4, -0.2) is 24.6 Å². The SMILES string of the molecule is C=CCOc1ccc(Br)cc1/C=N\NC(=O)C(=O)Nc1ccc(Br)cc1. The topological polar surface area (TPSA) is 79.8 Å². The van der Waals surface area contributed by atoms with Crippen LogP contribution in [0.25, 0.3) is 0 Å². The zero-order valence-corrected chi connectivity index (χ0v) is 16.7. The number of carbonyl (C=O) groups is 2. The lowest BCUT2D eigenvalue weighted by Gasteiger charge is -2.07. The molecule has 6 nitrogen and oxygen atoms in total. The van der Waals surface area contributed by atoms with Crippen molar-refractivity contribution in [2.45, 2.75) is 0 Å². The van der Waals surface area contributed by atoms with Crippen molar-refractivity contribution >= 4 is 55.6 Å². The van der Waals surface area contributed by atoms with E-state index in [-0.39, 0.29) is 0 Å². The minimum atomic E-state index is -0.882. The third-order valence-electron chi connectivity index (χ3n) is 3.01. The third kappa shape index (κ3) is 6.12. The second-order valence-corrected chi connectivity index (χ2v) is 6.77. The van der Waals surface area contributed by atoms with E-state index in [0.29, 0.717) is 23.6 Å². The molecule has 0 spiro atoms. The van der Waals surface area contributed by atoms with Crippen molar-refractivity contribution in [3.63, 3.8) is 0 Å². The molecule has 0 saturated carbocycles. The molecule has 134 valence electrons. The van der Waals surface area contributed by atoms with Gasteiger partial charge in [0.15, 0.2) is 0 Å². The molecule has 0 aliphatic carbocycles. The van der Waals surface area contributed by atoms with E-state index in [9.17, 15) is 9.59 Å². The predicted molar refractivity (Wildman–Crippen MR) is 108 cm³/mol. The summed E-state index contributed by atoms with van der Waals surface area (Å²) in [5, 5.41) is 6.29. The van der Waals surface area contributed by atoms with Gasteiger partial charge < -0.3 is 10.1 Å². The first-order valence-electron chi connectivity index (χ1n) is 7.43. The van der Waals surface area contributed by atoms with Crippen LogP contribution in [0.5, 0.6) is 5.75 Å². The number of amides is 2. The summed E-state index contributed by atoms with van der Waals surface area (Å²) in [6.07, 6.45) is 3.02. The van der Waals surface area contributed by atoms with Crippen LogP contribution < -0.4 is 15.5 Å². The maximum Gasteiger partial charge on any atom is 0.329 e. The Morgan fingerprint density at radius 1 is 1.08 bits per heavy atom. The molecule has 0 aliphatic rings. The number of hydrogen-bond donors (Lipinski definition) is 2. The summed E-state index contributed by atoms with van der Waals surface area (Å²) >= 11 is 6.65. The van der Waals surface area contributed by atoms with E-state index in [0.717, 1.165) is 8.95 Å². The van der Waals surface area contributed by atoms with Gasteiger partial charge in [0.2, 0.25) is 0 Å². The molecule has 26 heavy (non-hydrogen) atoms. The van der Waals surface area contributed by atoms with Crippen molar-refractivity contribution in [3.05, 3.63) is 69.6 Å². The molecule has 0 bridgehead atoms. The Morgan fingerprint density at radius 3 is 2.46 bits per heavy atom. The molecule has 0 atom stereocenters. The molecule has 0 aromatic heterocycles. The van der Waals surface area contributed by atoms with E-state index in [4.69, 9.17) is 4.74 Å². The fourth-order valence-corrected chi connectivity index (χ4v) is 2.48. The fourth-order valence-electron chi connectivity index (χ4n) is 1.83. The molecule has 0 heterocycles. The second-order valence-electron chi connectivity index (χ2n) is 4.94. The van der Waals surface area contributed by atoms with Crippen molar-refractivity contribution in [1.29, 1.82) is 0 Å². The molecule has 0 saturated heterocycles. The number of rotatable bonds is 6. The van der Waals surface area contributed by atoms with Crippen LogP contribution in [0.4, 0.5) is 5.69 Å². The molecule has 0 fully saturated rings. The van der Waals surface area contributed by atoms with Gasteiger partial charge >= 0.3 is 11.8 Å². The van der Waals surface area contributed by atoms with Crippen LogP contribution in [0.2, 0.25) is 0 Å². The highest BCUT2D eigenvalue weighted by atomic mass is 79.9. The number of hydrazone groups is 1. The average molecular weight is 481 g/mol. The molecular weight excluding hydrogens is 466 g/mol. The molecule has 2 N–H and O–H groups in total. The molecule has 2 aromatic rings. The highest BCUT2D eigenvalue weighted by molar-refractivity contribution is 9.10. The molecule has 0 unspecified atom stereocenters. The van der Waals surface area contributed by atoms with E-state index in [1.807, 2.05) is 6.07 Å². The van der Waals surface area contributed by atoms with Gasteiger partial charge in [-0.1, -0.05) is 44.5 Å². The van der Waals surface area contributed by atoms with E-state index < -0.39 is 11.8 Å². The Morgan fingerprint density at radius 2 is 1.77 bits per heavy atom. The summed E-state index contributed by atoms with van der Waals surface area (Å²) in [7, 11) is 0. The summed E-state index contributed by atoms with van der Waals surface area (Å²) in [5.74, 6) is -1.13. The molecule has 0 radical (unpaired) electrons. The number of benzene rings is 2. The molecule has 8 heteroatoms. The van der Waals surface area contributed by atoms with Crippen molar-refractivity contribution in [2.75, 3.05) is 11.9 Å². The summed E-state index contributed by atoms with van der Waals surface area (Å²) in [6, 6.07) is 12.2. The number of carbonyl (C=O) groups excluding carboxylic acids is 2. The van der Waals surface area contributed by atoms with Gasteiger partial charge in [-0.2, -0.15) is 5.10 Å². The van der Waals surface area contributed by atoms with Crippen LogP contribution >= 0.6 is 31.9 Å². The Kier molecular flexibility index (Phi) is 7.55. The molecule has 2 aromatic carbocycles. The minimum absolute atomic E-state index is 0.338. The maximum atomic E-state index is 11.9.